The van der Waals surface area contributed by atoms with Crippen LogP contribution in [-0.4, -0.2) is 45.3 Å². The lowest BCUT2D eigenvalue weighted by Crippen LogP contribution is -2.00. The number of pyridine rings is 3. The number of hydrogen-bond acceptors (Lipinski definition) is 9. The largest absolute Gasteiger partial charge is 0.255 e. The van der Waals surface area contributed by atoms with Crippen molar-refractivity contribution in [2.75, 3.05) is 0 Å². The molecule has 0 aliphatic rings. The molecule has 0 amide bonds. The van der Waals surface area contributed by atoms with Gasteiger partial charge in [-0.25, -0.2) is 15.0 Å². The highest BCUT2D eigenvalue weighted by molar-refractivity contribution is 5.61. The van der Waals surface area contributed by atoms with E-state index >= 15 is 0 Å². The fourth-order valence-electron chi connectivity index (χ4n) is 2.78. The van der Waals surface area contributed by atoms with E-state index in [0.29, 0.717) is 45.8 Å². The predicted octanol–water partition coefficient (Wildman–Crippen LogP) is 2.91. The third kappa shape index (κ3) is 3.59. The Bertz CT molecular complexity index is 1200. The Hall–Kier alpha value is -4.53. The van der Waals surface area contributed by atoms with Crippen LogP contribution < -0.4 is 0 Å². The molecule has 9 nitrogen and oxygen atoms in total. The summed E-state index contributed by atoms with van der Waals surface area (Å²) in [5, 5.41) is 16.3. The van der Waals surface area contributed by atoms with Gasteiger partial charge in [0.1, 0.15) is 22.8 Å². The quantitative estimate of drug-likeness (QED) is 0.456. The van der Waals surface area contributed by atoms with E-state index in [-0.39, 0.29) is 0 Å². The highest BCUT2D eigenvalue weighted by Gasteiger charge is 2.12. The van der Waals surface area contributed by atoms with Gasteiger partial charge in [-0.3, -0.25) is 9.97 Å². The van der Waals surface area contributed by atoms with Gasteiger partial charge in [-0.1, -0.05) is 18.2 Å². The van der Waals surface area contributed by atoms with Crippen LogP contribution in [0.25, 0.3) is 45.8 Å². The zero-order valence-corrected chi connectivity index (χ0v) is 15.5. The summed E-state index contributed by atoms with van der Waals surface area (Å²) in [4.78, 5) is 22.3. The molecule has 0 radical (unpaired) electrons. The topological polar surface area (TPSA) is 116 Å². The smallest absolute Gasteiger partial charge is 0.201 e. The summed E-state index contributed by atoms with van der Waals surface area (Å²) in [6.07, 6.45) is 6.54. The molecule has 0 aliphatic heterocycles. The lowest BCUT2D eigenvalue weighted by atomic mass is 10.2. The molecule has 0 atom stereocenters. The number of aromatic nitrogens is 9. The van der Waals surface area contributed by atoms with Gasteiger partial charge < -0.3 is 0 Å². The molecule has 5 aromatic rings. The third-order valence-corrected chi connectivity index (χ3v) is 4.18. The normalized spacial score (nSPS) is 10.7. The van der Waals surface area contributed by atoms with Crippen LogP contribution in [0.5, 0.6) is 0 Å². The Balaban J connectivity index is 1.52. The Labute approximate surface area is 171 Å². The van der Waals surface area contributed by atoms with E-state index in [1.165, 1.54) is 0 Å². The highest BCUT2D eigenvalue weighted by Crippen LogP contribution is 2.21. The second-order valence-corrected chi connectivity index (χ2v) is 6.17. The molecule has 0 N–H and O–H groups in total. The van der Waals surface area contributed by atoms with Crippen molar-refractivity contribution >= 4 is 0 Å². The van der Waals surface area contributed by atoms with E-state index in [0.717, 1.165) is 0 Å². The Morgan fingerprint density at radius 2 is 0.933 bits per heavy atom. The molecule has 0 fully saturated rings. The van der Waals surface area contributed by atoms with Crippen LogP contribution in [0.3, 0.4) is 0 Å². The van der Waals surface area contributed by atoms with Crippen molar-refractivity contribution < 1.29 is 0 Å². The van der Waals surface area contributed by atoms with Crippen LogP contribution in [0.15, 0.2) is 79.4 Å². The molecular weight excluding hydrogens is 378 g/mol. The standard InChI is InChI=1S/C21H13N9/c1-3-10-22-14(6-1)18-12-24-29-20(27-18)16-8-5-9-17(26-16)21-28-19(13-25-30-21)15-7-2-4-11-23-15/h1-13H. The predicted molar refractivity (Wildman–Crippen MR) is 108 cm³/mol. The average molecular weight is 391 g/mol. The van der Waals surface area contributed by atoms with Crippen molar-refractivity contribution in [1.29, 1.82) is 0 Å². The van der Waals surface area contributed by atoms with Crippen LogP contribution in [0.4, 0.5) is 0 Å². The molecule has 0 saturated carbocycles. The van der Waals surface area contributed by atoms with Crippen molar-refractivity contribution in [3.05, 3.63) is 79.4 Å². The fraction of sp³-hybridized carbons (Fsp3) is 0. The van der Waals surface area contributed by atoms with Crippen molar-refractivity contribution in [2.45, 2.75) is 0 Å². The molecule has 5 aromatic heterocycles. The summed E-state index contributed by atoms with van der Waals surface area (Å²) in [6, 6.07) is 16.6. The van der Waals surface area contributed by atoms with Crippen molar-refractivity contribution in [1.82, 2.24) is 45.3 Å². The fourth-order valence-corrected chi connectivity index (χ4v) is 2.78. The minimum atomic E-state index is 0.383. The van der Waals surface area contributed by atoms with Gasteiger partial charge >= 0.3 is 0 Å². The lowest BCUT2D eigenvalue weighted by molar-refractivity contribution is 0.958. The van der Waals surface area contributed by atoms with E-state index in [1.807, 2.05) is 42.5 Å². The summed E-state index contributed by atoms with van der Waals surface area (Å²) in [5.41, 5.74) is 3.74. The van der Waals surface area contributed by atoms with E-state index < -0.39 is 0 Å². The van der Waals surface area contributed by atoms with Crippen LogP contribution in [0, 0.1) is 0 Å². The number of rotatable bonds is 4. The zero-order chi connectivity index (χ0) is 20.2. The second-order valence-electron chi connectivity index (χ2n) is 6.17. The van der Waals surface area contributed by atoms with Gasteiger partial charge in [0.05, 0.1) is 23.8 Å². The molecule has 5 rings (SSSR count). The first-order valence-corrected chi connectivity index (χ1v) is 9.07. The SMILES string of the molecule is c1ccc(-c2cnnc(-c3cccc(-c4nncc(-c5ccccn5)n4)n3)n2)nc1. The number of hydrogen-bond donors (Lipinski definition) is 0. The van der Waals surface area contributed by atoms with E-state index in [4.69, 9.17) is 0 Å². The van der Waals surface area contributed by atoms with Gasteiger partial charge in [-0.05, 0) is 36.4 Å². The van der Waals surface area contributed by atoms with Crippen molar-refractivity contribution in [3.63, 3.8) is 0 Å². The molecule has 0 bridgehead atoms. The Morgan fingerprint density at radius 1 is 0.433 bits per heavy atom. The first kappa shape index (κ1) is 17.6. The molecule has 0 spiro atoms. The molecule has 30 heavy (non-hydrogen) atoms. The van der Waals surface area contributed by atoms with Crippen LogP contribution in [0.1, 0.15) is 0 Å². The molecule has 0 unspecified atom stereocenters. The molecule has 0 aromatic carbocycles. The Morgan fingerprint density at radius 3 is 1.40 bits per heavy atom. The summed E-state index contributed by atoms with van der Waals surface area (Å²) in [7, 11) is 0. The molecule has 9 heteroatoms. The second kappa shape index (κ2) is 7.84. The Kier molecular flexibility index (Phi) is 4.59. The van der Waals surface area contributed by atoms with Gasteiger partial charge in [0.25, 0.3) is 0 Å². The van der Waals surface area contributed by atoms with Gasteiger partial charge in [0, 0.05) is 12.4 Å². The molecular formula is C21H13N9. The van der Waals surface area contributed by atoms with Crippen molar-refractivity contribution in [2.24, 2.45) is 0 Å². The lowest BCUT2D eigenvalue weighted by Gasteiger charge is -2.05. The minimum absolute atomic E-state index is 0.383. The maximum Gasteiger partial charge on any atom is 0.201 e. The molecule has 0 aliphatic carbocycles. The summed E-state index contributed by atoms with van der Waals surface area (Å²) >= 11 is 0. The first-order valence-electron chi connectivity index (χ1n) is 9.07. The summed E-state index contributed by atoms with van der Waals surface area (Å²) in [5.74, 6) is 0.766. The summed E-state index contributed by atoms with van der Waals surface area (Å²) < 4.78 is 0. The molecule has 0 saturated heterocycles. The van der Waals surface area contributed by atoms with Crippen LogP contribution in [0.2, 0.25) is 0 Å². The average Bonchev–Trinajstić information content (AvgIpc) is 2.85. The van der Waals surface area contributed by atoms with E-state index in [1.54, 1.807) is 36.9 Å². The number of nitrogens with zero attached hydrogens (tertiary/aromatic N) is 9. The van der Waals surface area contributed by atoms with Gasteiger partial charge in [0.15, 0.2) is 0 Å². The first-order chi connectivity index (χ1) is 14.9. The van der Waals surface area contributed by atoms with E-state index in [9.17, 15) is 0 Å². The third-order valence-electron chi connectivity index (χ3n) is 4.18. The monoisotopic (exact) mass is 391 g/mol. The van der Waals surface area contributed by atoms with Gasteiger partial charge in [-0.2, -0.15) is 10.2 Å². The molecule has 142 valence electrons. The zero-order valence-electron chi connectivity index (χ0n) is 15.5. The van der Waals surface area contributed by atoms with Crippen LogP contribution in [-0.2, 0) is 0 Å². The van der Waals surface area contributed by atoms with Gasteiger partial charge in [-0.15, -0.1) is 10.2 Å². The highest BCUT2D eigenvalue weighted by atomic mass is 15.2. The maximum absolute atomic E-state index is 4.61. The summed E-state index contributed by atoms with van der Waals surface area (Å²) in [6.45, 7) is 0. The van der Waals surface area contributed by atoms with Crippen LogP contribution >= 0.6 is 0 Å². The minimum Gasteiger partial charge on any atom is -0.255 e. The van der Waals surface area contributed by atoms with Crippen molar-refractivity contribution in [3.8, 4) is 45.8 Å². The van der Waals surface area contributed by atoms with Gasteiger partial charge in [0.2, 0.25) is 11.6 Å². The van der Waals surface area contributed by atoms with E-state index in [2.05, 4.69) is 45.3 Å². The molecule has 5 heterocycles. The maximum atomic E-state index is 4.61.